The number of benzene rings is 1. The third-order valence-corrected chi connectivity index (χ3v) is 4.57. The molecule has 0 saturated carbocycles. The lowest BCUT2D eigenvalue weighted by Crippen LogP contribution is -2.20. The summed E-state index contributed by atoms with van der Waals surface area (Å²) in [5.41, 5.74) is 5.26. The summed E-state index contributed by atoms with van der Waals surface area (Å²) in [5.74, 6) is 0. The van der Waals surface area contributed by atoms with Gasteiger partial charge in [0.1, 0.15) is 5.01 Å². The molecule has 0 amide bonds. The van der Waals surface area contributed by atoms with Gasteiger partial charge in [0.15, 0.2) is 0 Å². The molecular formula is C17H24N2S. The maximum Gasteiger partial charge on any atom is 0.114 e. The van der Waals surface area contributed by atoms with Gasteiger partial charge in [0.2, 0.25) is 0 Å². The second kappa shape index (κ2) is 5.66. The number of aryl methyl sites for hydroxylation is 2. The summed E-state index contributed by atoms with van der Waals surface area (Å²) in [6.07, 6.45) is 0. The Morgan fingerprint density at radius 3 is 2.20 bits per heavy atom. The summed E-state index contributed by atoms with van der Waals surface area (Å²) in [6.45, 7) is 11.0. The van der Waals surface area contributed by atoms with E-state index < -0.39 is 0 Å². The maximum atomic E-state index is 4.87. The number of rotatable bonds is 3. The first-order valence-electron chi connectivity index (χ1n) is 7.04. The Morgan fingerprint density at radius 2 is 1.75 bits per heavy atom. The van der Waals surface area contributed by atoms with Crippen LogP contribution in [0.1, 0.15) is 54.2 Å². The van der Waals surface area contributed by atoms with Gasteiger partial charge in [-0.05, 0) is 37.6 Å². The van der Waals surface area contributed by atoms with Crippen molar-refractivity contribution in [2.45, 2.75) is 46.1 Å². The zero-order valence-electron chi connectivity index (χ0n) is 13.2. The minimum Gasteiger partial charge on any atom is -0.307 e. The van der Waals surface area contributed by atoms with E-state index in [-0.39, 0.29) is 11.5 Å². The van der Waals surface area contributed by atoms with Gasteiger partial charge in [-0.15, -0.1) is 11.3 Å². The highest BCUT2D eigenvalue weighted by Gasteiger charge is 2.23. The molecule has 0 saturated heterocycles. The molecule has 1 heterocycles. The summed E-state index contributed by atoms with van der Waals surface area (Å²) >= 11 is 1.75. The third kappa shape index (κ3) is 2.94. The van der Waals surface area contributed by atoms with E-state index in [1.807, 2.05) is 7.05 Å². The van der Waals surface area contributed by atoms with Crippen molar-refractivity contribution in [3.8, 4) is 0 Å². The van der Waals surface area contributed by atoms with Gasteiger partial charge in [-0.25, -0.2) is 4.98 Å². The molecule has 1 aromatic carbocycles. The van der Waals surface area contributed by atoms with Crippen LogP contribution in [-0.2, 0) is 5.41 Å². The van der Waals surface area contributed by atoms with Crippen LogP contribution in [-0.4, -0.2) is 12.0 Å². The zero-order valence-corrected chi connectivity index (χ0v) is 14.1. The lowest BCUT2D eigenvalue weighted by Gasteiger charge is -2.20. The second-order valence-corrected chi connectivity index (χ2v) is 7.24. The molecule has 20 heavy (non-hydrogen) atoms. The number of hydrogen-bond donors (Lipinski definition) is 1. The third-order valence-electron chi connectivity index (χ3n) is 3.66. The summed E-state index contributed by atoms with van der Waals surface area (Å²) < 4.78 is 0. The predicted molar refractivity (Wildman–Crippen MR) is 87.6 cm³/mol. The number of aromatic nitrogens is 1. The fourth-order valence-electron chi connectivity index (χ4n) is 2.44. The van der Waals surface area contributed by atoms with Gasteiger partial charge < -0.3 is 5.32 Å². The molecule has 0 aliphatic rings. The van der Waals surface area contributed by atoms with E-state index in [1.165, 1.54) is 22.4 Å². The van der Waals surface area contributed by atoms with Crippen LogP contribution in [0.5, 0.6) is 0 Å². The maximum absolute atomic E-state index is 4.87. The van der Waals surface area contributed by atoms with Crippen molar-refractivity contribution in [3.05, 3.63) is 51.0 Å². The van der Waals surface area contributed by atoms with Crippen LogP contribution in [0.2, 0.25) is 0 Å². The van der Waals surface area contributed by atoms with E-state index in [1.54, 1.807) is 11.3 Å². The molecule has 2 nitrogen and oxygen atoms in total. The number of nitrogens with one attached hydrogen (secondary N) is 1. The van der Waals surface area contributed by atoms with Gasteiger partial charge in [-0.3, -0.25) is 0 Å². The molecule has 0 spiro atoms. The molecule has 108 valence electrons. The minimum atomic E-state index is 0.105. The molecular weight excluding hydrogens is 264 g/mol. The Morgan fingerprint density at radius 1 is 1.15 bits per heavy atom. The SMILES string of the molecule is CNC(c1nc(C(C)(C)C)cs1)c1c(C)cccc1C. The molecule has 0 aliphatic heterocycles. The normalized spacial score (nSPS) is 13.5. The van der Waals surface area contributed by atoms with Crippen molar-refractivity contribution >= 4 is 11.3 Å². The van der Waals surface area contributed by atoms with Crippen molar-refractivity contribution in [2.75, 3.05) is 7.05 Å². The summed E-state index contributed by atoms with van der Waals surface area (Å²) in [7, 11) is 2.01. The van der Waals surface area contributed by atoms with Crippen molar-refractivity contribution in [1.29, 1.82) is 0 Å². The first-order chi connectivity index (χ1) is 9.34. The van der Waals surface area contributed by atoms with Gasteiger partial charge in [-0.1, -0.05) is 39.0 Å². The van der Waals surface area contributed by atoms with Gasteiger partial charge in [0.05, 0.1) is 11.7 Å². The molecule has 1 atom stereocenters. The molecule has 0 radical (unpaired) electrons. The lowest BCUT2D eigenvalue weighted by atomic mass is 9.93. The molecule has 0 aliphatic carbocycles. The molecule has 3 heteroatoms. The Labute approximate surface area is 126 Å². The van der Waals surface area contributed by atoms with Crippen LogP contribution in [0.15, 0.2) is 23.6 Å². The standard InChI is InChI=1S/C17H24N2S/c1-11-8-7-9-12(2)14(11)15(18-6)16-19-13(10-20-16)17(3,4)5/h7-10,15,18H,1-6H3. The van der Waals surface area contributed by atoms with Crippen LogP contribution in [0.25, 0.3) is 0 Å². The average molecular weight is 288 g/mol. The molecule has 2 aromatic rings. The molecule has 1 N–H and O–H groups in total. The smallest absolute Gasteiger partial charge is 0.114 e. The molecule has 2 rings (SSSR count). The molecule has 1 unspecified atom stereocenters. The van der Waals surface area contributed by atoms with E-state index in [0.717, 1.165) is 5.01 Å². The van der Waals surface area contributed by atoms with E-state index in [9.17, 15) is 0 Å². The van der Waals surface area contributed by atoms with Gasteiger partial charge in [0, 0.05) is 10.8 Å². The Hall–Kier alpha value is -1.19. The molecule has 1 aromatic heterocycles. The molecule has 0 fully saturated rings. The first-order valence-corrected chi connectivity index (χ1v) is 7.92. The van der Waals surface area contributed by atoms with Crippen molar-refractivity contribution in [3.63, 3.8) is 0 Å². The Balaban J connectivity index is 2.45. The highest BCUT2D eigenvalue weighted by atomic mass is 32.1. The quantitative estimate of drug-likeness (QED) is 0.907. The summed E-state index contributed by atoms with van der Waals surface area (Å²) in [4.78, 5) is 4.87. The summed E-state index contributed by atoms with van der Waals surface area (Å²) in [6, 6.07) is 6.64. The highest BCUT2D eigenvalue weighted by molar-refractivity contribution is 7.09. The lowest BCUT2D eigenvalue weighted by molar-refractivity contribution is 0.566. The number of thiazole rings is 1. The largest absolute Gasteiger partial charge is 0.307 e. The van der Waals surface area contributed by atoms with Gasteiger partial charge in [0.25, 0.3) is 0 Å². The van der Waals surface area contributed by atoms with Gasteiger partial charge >= 0.3 is 0 Å². The van der Waals surface area contributed by atoms with Crippen molar-refractivity contribution in [2.24, 2.45) is 0 Å². The van der Waals surface area contributed by atoms with E-state index >= 15 is 0 Å². The zero-order chi connectivity index (χ0) is 14.9. The van der Waals surface area contributed by atoms with E-state index in [4.69, 9.17) is 4.98 Å². The van der Waals surface area contributed by atoms with Crippen LogP contribution >= 0.6 is 11.3 Å². The second-order valence-electron chi connectivity index (χ2n) is 6.35. The fraction of sp³-hybridized carbons (Fsp3) is 0.471. The Kier molecular flexibility index (Phi) is 4.31. The Bertz CT molecular complexity index is 573. The van der Waals surface area contributed by atoms with E-state index in [2.05, 4.69) is 63.5 Å². The van der Waals surface area contributed by atoms with Crippen molar-refractivity contribution in [1.82, 2.24) is 10.3 Å². The van der Waals surface area contributed by atoms with Crippen molar-refractivity contribution < 1.29 is 0 Å². The molecule has 0 bridgehead atoms. The first kappa shape index (κ1) is 15.2. The van der Waals surface area contributed by atoms with Crippen LogP contribution in [0.4, 0.5) is 0 Å². The number of hydrogen-bond acceptors (Lipinski definition) is 3. The fourth-order valence-corrected chi connectivity index (χ4v) is 3.60. The highest BCUT2D eigenvalue weighted by Crippen LogP contribution is 2.32. The minimum absolute atomic E-state index is 0.105. The predicted octanol–water partition coefficient (Wildman–Crippen LogP) is 4.37. The topological polar surface area (TPSA) is 24.9 Å². The van der Waals surface area contributed by atoms with Crippen LogP contribution in [0, 0.1) is 13.8 Å². The summed E-state index contributed by atoms with van der Waals surface area (Å²) in [5, 5.41) is 6.76. The number of nitrogens with zero attached hydrogens (tertiary/aromatic N) is 1. The monoisotopic (exact) mass is 288 g/mol. The van der Waals surface area contributed by atoms with Crippen LogP contribution in [0.3, 0.4) is 0 Å². The van der Waals surface area contributed by atoms with E-state index in [0.29, 0.717) is 0 Å². The average Bonchev–Trinajstić information content (AvgIpc) is 2.83. The van der Waals surface area contributed by atoms with Crippen LogP contribution < -0.4 is 5.32 Å². The van der Waals surface area contributed by atoms with Gasteiger partial charge in [-0.2, -0.15) is 0 Å².